The third kappa shape index (κ3) is 4.45. The lowest BCUT2D eigenvalue weighted by molar-refractivity contribution is 0.0944. The van der Waals surface area contributed by atoms with Gasteiger partial charge in [-0.1, -0.05) is 72.8 Å². The monoisotopic (exact) mass is 344 g/mol. The molecule has 3 aromatic carbocycles. The van der Waals surface area contributed by atoms with Gasteiger partial charge in [0.2, 0.25) is 0 Å². The number of phenolic OH excluding ortho intramolecular Hbond substituents is 1. The zero-order chi connectivity index (χ0) is 18.4. The van der Waals surface area contributed by atoms with E-state index >= 15 is 0 Å². The minimum atomic E-state index is -0.289. The molecule has 3 nitrogen and oxygen atoms in total. The summed E-state index contributed by atoms with van der Waals surface area (Å²) in [6.07, 6.45) is 0.429. The second-order valence-corrected chi connectivity index (χ2v) is 6.28. The molecule has 0 saturated heterocycles. The van der Waals surface area contributed by atoms with Crippen LogP contribution in [-0.4, -0.2) is 16.7 Å². The molecule has 0 amide bonds. The molecule has 26 heavy (non-hydrogen) atoms. The van der Waals surface area contributed by atoms with Gasteiger partial charge in [-0.05, 0) is 23.6 Å². The molecule has 3 aromatic rings. The Morgan fingerprint density at radius 1 is 0.692 bits per heavy atom. The van der Waals surface area contributed by atoms with E-state index in [1.165, 1.54) is 0 Å². The van der Waals surface area contributed by atoms with E-state index in [1.807, 2.05) is 42.5 Å². The van der Waals surface area contributed by atoms with Crippen molar-refractivity contribution in [2.75, 3.05) is 0 Å². The average molecular weight is 344 g/mol. The summed E-state index contributed by atoms with van der Waals surface area (Å²) >= 11 is 0. The number of aromatic hydroxyl groups is 1. The summed E-state index contributed by atoms with van der Waals surface area (Å²) in [5.74, 6) is -0.186. The van der Waals surface area contributed by atoms with Gasteiger partial charge in [-0.25, -0.2) is 0 Å². The van der Waals surface area contributed by atoms with Crippen LogP contribution < -0.4 is 0 Å². The number of phenols is 1. The maximum atomic E-state index is 12.7. The molecule has 3 heteroatoms. The van der Waals surface area contributed by atoms with Crippen molar-refractivity contribution >= 4 is 11.6 Å². The summed E-state index contributed by atoms with van der Waals surface area (Å²) in [4.78, 5) is 25.3. The number of rotatable bonds is 7. The summed E-state index contributed by atoms with van der Waals surface area (Å²) in [6.45, 7) is 0. The molecule has 0 bridgehead atoms. The summed E-state index contributed by atoms with van der Waals surface area (Å²) in [7, 11) is 0. The van der Waals surface area contributed by atoms with Crippen LogP contribution in [0, 0.1) is 0 Å². The van der Waals surface area contributed by atoms with Crippen LogP contribution in [0.3, 0.4) is 0 Å². The Morgan fingerprint density at radius 2 is 1.19 bits per heavy atom. The molecule has 1 N–H and O–H groups in total. The summed E-state index contributed by atoms with van der Waals surface area (Å²) in [5, 5.41) is 9.79. The van der Waals surface area contributed by atoms with Gasteiger partial charge in [0, 0.05) is 24.0 Å². The molecule has 0 saturated carbocycles. The molecular weight excluding hydrogens is 324 g/mol. The maximum Gasteiger partial charge on any atom is 0.163 e. The Kier molecular flexibility index (Phi) is 5.59. The molecule has 0 radical (unpaired) electrons. The Bertz CT molecular complexity index is 832. The fourth-order valence-corrected chi connectivity index (χ4v) is 3.02. The lowest BCUT2D eigenvalue weighted by Crippen LogP contribution is -2.12. The quantitative estimate of drug-likeness (QED) is 0.612. The Labute approximate surface area is 152 Å². The van der Waals surface area contributed by atoms with E-state index in [0.717, 1.165) is 5.56 Å². The number of hydrogen-bond acceptors (Lipinski definition) is 3. The number of ketones is 2. The van der Waals surface area contributed by atoms with Crippen LogP contribution in [0.25, 0.3) is 0 Å². The average Bonchev–Trinajstić information content (AvgIpc) is 2.68. The molecule has 0 aromatic heterocycles. The largest absolute Gasteiger partial charge is 0.508 e. The van der Waals surface area contributed by atoms with Crippen LogP contribution in [0.1, 0.15) is 45.0 Å². The van der Waals surface area contributed by atoms with Crippen molar-refractivity contribution < 1.29 is 14.7 Å². The van der Waals surface area contributed by atoms with Crippen molar-refractivity contribution in [3.05, 3.63) is 102 Å². The van der Waals surface area contributed by atoms with E-state index in [4.69, 9.17) is 0 Å². The molecule has 0 aliphatic rings. The highest BCUT2D eigenvalue weighted by Gasteiger charge is 2.21. The van der Waals surface area contributed by atoms with Gasteiger partial charge in [0.25, 0.3) is 0 Å². The molecule has 0 atom stereocenters. The van der Waals surface area contributed by atoms with Crippen LogP contribution in [0.15, 0.2) is 84.9 Å². The Balaban J connectivity index is 1.84. The summed E-state index contributed by atoms with van der Waals surface area (Å²) in [5.41, 5.74) is 2.05. The first-order valence-corrected chi connectivity index (χ1v) is 8.59. The molecule has 0 fully saturated rings. The van der Waals surface area contributed by atoms with Crippen molar-refractivity contribution in [3.8, 4) is 5.75 Å². The highest BCUT2D eigenvalue weighted by atomic mass is 16.3. The summed E-state index contributed by atoms with van der Waals surface area (Å²) in [6, 6.07) is 24.9. The van der Waals surface area contributed by atoms with Gasteiger partial charge < -0.3 is 5.11 Å². The smallest absolute Gasteiger partial charge is 0.163 e. The van der Waals surface area contributed by atoms with E-state index in [-0.39, 0.29) is 36.1 Å². The molecule has 0 heterocycles. The third-order valence-electron chi connectivity index (χ3n) is 4.40. The number of hydrogen-bond donors (Lipinski definition) is 1. The van der Waals surface area contributed by atoms with Crippen molar-refractivity contribution in [3.63, 3.8) is 0 Å². The van der Waals surface area contributed by atoms with Crippen LogP contribution in [0.5, 0.6) is 5.75 Å². The van der Waals surface area contributed by atoms with Gasteiger partial charge >= 0.3 is 0 Å². The molecule has 0 aliphatic carbocycles. The van der Waals surface area contributed by atoms with Gasteiger partial charge in [-0.3, -0.25) is 9.59 Å². The first-order valence-electron chi connectivity index (χ1n) is 8.59. The highest BCUT2D eigenvalue weighted by Crippen LogP contribution is 2.29. The normalized spacial score (nSPS) is 10.7. The minimum Gasteiger partial charge on any atom is -0.508 e. The maximum absolute atomic E-state index is 12.7. The van der Waals surface area contributed by atoms with Crippen molar-refractivity contribution in [2.24, 2.45) is 0 Å². The molecule has 0 aliphatic heterocycles. The van der Waals surface area contributed by atoms with Crippen molar-refractivity contribution in [2.45, 2.75) is 18.8 Å². The predicted octanol–water partition coefficient (Wildman–Crippen LogP) is 5.02. The molecule has 3 rings (SSSR count). The number of carbonyl (C=O) groups is 2. The lowest BCUT2D eigenvalue weighted by atomic mass is 9.86. The first kappa shape index (κ1) is 17.6. The Hall–Kier alpha value is -3.20. The van der Waals surface area contributed by atoms with Gasteiger partial charge in [0.1, 0.15) is 5.75 Å². The van der Waals surface area contributed by atoms with E-state index in [2.05, 4.69) is 0 Å². The molecule has 0 spiro atoms. The predicted molar refractivity (Wildman–Crippen MR) is 102 cm³/mol. The van der Waals surface area contributed by atoms with Crippen LogP contribution in [0.4, 0.5) is 0 Å². The van der Waals surface area contributed by atoms with Crippen molar-refractivity contribution in [1.29, 1.82) is 0 Å². The van der Waals surface area contributed by atoms with E-state index in [9.17, 15) is 14.7 Å². The second-order valence-electron chi connectivity index (χ2n) is 6.28. The fraction of sp³-hybridized carbons (Fsp3) is 0.130. The standard InChI is InChI=1S/C23H20O3/c24-21-13-7-12-19(14-21)20(15-22(25)17-8-3-1-4-9-17)16-23(26)18-10-5-2-6-11-18/h1-14,20,24H,15-16H2. The number of Topliss-reactive ketones (excluding diaryl/α,β-unsaturated/α-hetero) is 2. The Morgan fingerprint density at radius 3 is 1.65 bits per heavy atom. The fourth-order valence-electron chi connectivity index (χ4n) is 3.02. The third-order valence-corrected chi connectivity index (χ3v) is 4.40. The zero-order valence-electron chi connectivity index (χ0n) is 14.3. The molecule has 130 valence electrons. The van der Waals surface area contributed by atoms with E-state index < -0.39 is 0 Å². The highest BCUT2D eigenvalue weighted by molar-refractivity contribution is 5.99. The van der Waals surface area contributed by atoms with Gasteiger partial charge in [0.05, 0.1) is 0 Å². The summed E-state index contributed by atoms with van der Waals surface area (Å²) < 4.78 is 0. The number of carbonyl (C=O) groups excluding carboxylic acids is 2. The van der Waals surface area contributed by atoms with Gasteiger partial charge in [-0.15, -0.1) is 0 Å². The van der Waals surface area contributed by atoms with Gasteiger partial charge in [-0.2, -0.15) is 0 Å². The molecular formula is C23H20O3. The van der Waals surface area contributed by atoms with Crippen molar-refractivity contribution in [1.82, 2.24) is 0 Å². The first-order chi connectivity index (χ1) is 12.6. The minimum absolute atomic E-state index is 0.0141. The van der Waals surface area contributed by atoms with Gasteiger partial charge in [0.15, 0.2) is 11.6 Å². The van der Waals surface area contributed by atoms with Crippen LogP contribution >= 0.6 is 0 Å². The van der Waals surface area contributed by atoms with Crippen LogP contribution in [0.2, 0.25) is 0 Å². The zero-order valence-corrected chi connectivity index (χ0v) is 14.3. The molecule has 0 unspecified atom stereocenters. The van der Waals surface area contributed by atoms with Crippen LogP contribution in [-0.2, 0) is 0 Å². The topological polar surface area (TPSA) is 54.4 Å². The second kappa shape index (κ2) is 8.26. The van der Waals surface area contributed by atoms with E-state index in [0.29, 0.717) is 11.1 Å². The number of benzene rings is 3. The lowest BCUT2D eigenvalue weighted by Gasteiger charge is -2.17. The SMILES string of the molecule is O=C(CC(CC(=O)c1ccccc1)c1cccc(O)c1)c1ccccc1. The van der Waals surface area contributed by atoms with E-state index in [1.54, 1.807) is 42.5 Å².